The molecule has 0 N–H and O–H groups in total. The second-order valence-electron chi connectivity index (χ2n) is 17.8. The van der Waals surface area contributed by atoms with E-state index in [4.69, 9.17) is 68.4 Å². The Hall–Kier alpha value is -6.23. The summed E-state index contributed by atoms with van der Waals surface area (Å²) in [4.78, 5) is 26.1. The van der Waals surface area contributed by atoms with E-state index < -0.39 is 11.9 Å². The van der Waals surface area contributed by atoms with E-state index in [1.54, 1.807) is 71.1 Å². The van der Waals surface area contributed by atoms with Gasteiger partial charge in [-0.25, -0.2) is 9.59 Å². The Bertz CT molecular complexity index is 2480. The third-order valence-electron chi connectivity index (χ3n) is 13.8. The van der Waals surface area contributed by atoms with Crippen LogP contribution in [0.15, 0.2) is 59.6 Å². The topological polar surface area (TPSA) is 145 Å². The molecule has 380 valence electrons. The van der Waals surface area contributed by atoms with Crippen LogP contribution >= 0.6 is 11.6 Å². The molecular formula is C53H69ClN2O14+2. The van der Waals surface area contributed by atoms with Crippen LogP contribution in [-0.4, -0.2) is 145 Å². The number of carbonyl (C=O) groups excluding carboxylic acids is 2. The number of carbonyl (C=O) groups is 2. The fourth-order valence-corrected chi connectivity index (χ4v) is 10.3. The summed E-state index contributed by atoms with van der Waals surface area (Å²) < 4.78 is 69.4. The number of esters is 2. The van der Waals surface area contributed by atoms with Crippen molar-refractivity contribution in [2.45, 2.75) is 44.2 Å². The average molecular weight is 994 g/mol. The number of hydrogen-bond donors (Lipinski definition) is 0. The Labute approximate surface area is 416 Å². The van der Waals surface area contributed by atoms with Gasteiger partial charge in [-0.1, -0.05) is 11.6 Å². The van der Waals surface area contributed by atoms with Gasteiger partial charge in [-0.15, -0.1) is 0 Å². The summed E-state index contributed by atoms with van der Waals surface area (Å²) in [7, 11) is 20.5. The second kappa shape index (κ2) is 23.6. The monoisotopic (exact) mass is 992 g/mol. The number of fused-ring (bicyclic) bond motifs is 2. The molecule has 0 fully saturated rings. The first-order valence-electron chi connectivity index (χ1n) is 23.2. The predicted molar refractivity (Wildman–Crippen MR) is 264 cm³/mol. The van der Waals surface area contributed by atoms with Gasteiger partial charge in [0.1, 0.15) is 17.1 Å². The lowest BCUT2D eigenvalue weighted by atomic mass is 9.85. The van der Waals surface area contributed by atoms with Gasteiger partial charge < -0.3 is 65.8 Å². The maximum atomic E-state index is 13.1. The van der Waals surface area contributed by atoms with Crippen LogP contribution in [0.4, 0.5) is 0 Å². The second-order valence-corrected chi connectivity index (χ2v) is 18.2. The van der Waals surface area contributed by atoms with Crippen LogP contribution < -0.4 is 47.4 Å². The Morgan fingerprint density at radius 1 is 0.543 bits per heavy atom. The molecule has 2 aliphatic rings. The van der Waals surface area contributed by atoms with Crippen molar-refractivity contribution >= 4 is 23.5 Å². The number of rotatable bonds is 23. The Morgan fingerprint density at radius 3 is 1.47 bits per heavy atom. The molecule has 0 aromatic heterocycles. The molecule has 0 bridgehead atoms. The van der Waals surface area contributed by atoms with E-state index in [-0.39, 0.29) is 30.3 Å². The number of benzene rings is 4. The van der Waals surface area contributed by atoms with Crippen molar-refractivity contribution in [2.75, 3.05) is 125 Å². The van der Waals surface area contributed by atoms with Gasteiger partial charge in [0.15, 0.2) is 46.0 Å². The molecule has 2 heterocycles. The zero-order valence-electron chi connectivity index (χ0n) is 42.6. The molecule has 17 heteroatoms. The molecule has 4 aromatic carbocycles. The van der Waals surface area contributed by atoms with Crippen LogP contribution in [-0.2, 0) is 38.3 Å². The number of methoxy groups -OCH3 is 10. The normalized spacial score (nSPS) is 19.4. The largest absolute Gasteiger partial charge is 0.493 e. The lowest BCUT2D eigenvalue weighted by Gasteiger charge is -2.46. The average Bonchev–Trinajstić information content (AvgIpc) is 3.37. The highest BCUT2D eigenvalue weighted by Crippen LogP contribution is 2.49. The number of halogens is 1. The van der Waals surface area contributed by atoms with Crippen molar-refractivity contribution in [3.05, 3.63) is 93.0 Å². The first-order chi connectivity index (χ1) is 33.7. The van der Waals surface area contributed by atoms with Gasteiger partial charge in [-0.05, 0) is 65.2 Å². The molecule has 0 saturated carbocycles. The minimum atomic E-state index is -0.804. The van der Waals surface area contributed by atoms with E-state index in [1.807, 2.05) is 36.4 Å². The molecule has 16 nitrogen and oxygen atoms in total. The van der Waals surface area contributed by atoms with Gasteiger partial charge in [0, 0.05) is 54.9 Å². The smallest absolute Gasteiger partial charge is 0.350 e. The van der Waals surface area contributed by atoms with Crippen molar-refractivity contribution in [1.82, 2.24) is 0 Å². The molecule has 0 aliphatic carbocycles. The summed E-state index contributed by atoms with van der Waals surface area (Å²) in [5.41, 5.74) is 6.47. The third-order valence-corrected chi connectivity index (χ3v) is 14.1. The van der Waals surface area contributed by atoms with Gasteiger partial charge in [-0.2, -0.15) is 0 Å². The fraction of sp³-hybridized carbons (Fsp3) is 0.472. The summed E-state index contributed by atoms with van der Waals surface area (Å²) in [5.74, 6) is 4.29. The van der Waals surface area contributed by atoms with E-state index in [0.717, 1.165) is 59.8 Å². The first-order valence-corrected chi connectivity index (χ1v) is 23.5. The number of nitrogens with zero attached hydrogens (tertiary/aromatic N) is 2. The van der Waals surface area contributed by atoms with E-state index in [1.165, 1.54) is 5.56 Å². The van der Waals surface area contributed by atoms with Crippen LogP contribution in [0.1, 0.15) is 58.3 Å². The van der Waals surface area contributed by atoms with Crippen molar-refractivity contribution in [2.24, 2.45) is 0 Å². The molecule has 0 amide bonds. The fourth-order valence-electron chi connectivity index (χ4n) is 10.2. The minimum Gasteiger partial charge on any atom is -0.493 e. The van der Waals surface area contributed by atoms with E-state index in [9.17, 15) is 9.59 Å². The van der Waals surface area contributed by atoms with E-state index in [2.05, 4.69) is 26.2 Å². The van der Waals surface area contributed by atoms with Gasteiger partial charge in [0.25, 0.3) is 0 Å². The predicted octanol–water partition coefficient (Wildman–Crippen LogP) is 7.84. The van der Waals surface area contributed by atoms with Crippen LogP contribution in [0.2, 0.25) is 0 Å². The van der Waals surface area contributed by atoms with Gasteiger partial charge >= 0.3 is 11.9 Å². The highest BCUT2D eigenvalue weighted by Gasteiger charge is 2.43. The zero-order valence-corrected chi connectivity index (χ0v) is 43.4. The zero-order chi connectivity index (χ0) is 50.8. The molecule has 2 unspecified atom stereocenters. The van der Waals surface area contributed by atoms with Crippen LogP contribution in [0.5, 0.6) is 57.5 Å². The number of ether oxygens (including phenoxy) is 12. The maximum absolute atomic E-state index is 13.1. The SMILES string of the molecule is COc1cc2c(cc1OC)[C@H](c1cc(OC)c(OC)c(OC)c1)[N+](C)(CCCOC(=O)/C=C(\Cl)C(=O)OCCC[N+]1(C)CCc3cc(OC)c(OC)cc3[C@H]1Cc1cc(OC)c(OC)c(OC)c1)CC2. The summed E-state index contributed by atoms with van der Waals surface area (Å²) >= 11 is 6.36. The van der Waals surface area contributed by atoms with Crippen LogP contribution in [0.3, 0.4) is 0 Å². The molecule has 0 saturated heterocycles. The standard InChI is InChI=1S/C53H69ClN2O14/c1-55(19-15-34-26-41(59-3)43(61-5)30-37(34)40(55)23-33-24-45(63-7)51(67-11)46(25-33)64-8)17-13-22-70-53(58)39(54)32-49(57)69-21-14-18-56(2)20-16-35-27-42(60-4)44(62-6)31-38(35)50(56)36-28-47(65-9)52(68-12)48(29-36)66-10/h24-32,40,50H,13-23H2,1-12H3/q+2/b39-32-/t40-,50+,55?,56?/m1/s1. The van der Waals surface area contributed by atoms with Crippen molar-refractivity contribution in [3.8, 4) is 57.5 Å². The Kier molecular flexibility index (Phi) is 17.9. The Balaban J connectivity index is 1.10. The molecule has 0 spiro atoms. The molecular weight excluding hydrogens is 924 g/mol. The Morgan fingerprint density at radius 2 is 0.971 bits per heavy atom. The molecule has 70 heavy (non-hydrogen) atoms. The highest BCUT2D eigenvalue weighted by atomic mass is 35.5. The lowest BCUT2D eigenvalue weighted by molar-refractivity contribution is -0.941. The number of quaternary nitrogens is 2. The lowest BCUT2D eigenvalue weighted by Crippen LogP contribution is -2.52. The minimum absolute atomic E-state index is 0.0244. The van der Waals surface area contributed by atoms with Crippen molar-refractivity contribution < 1.29 is 75.4 Å². The van der Waals surface area contributed by atoms with E-state index >= 15 is 0 Å². The van der Waals surface area contributed by atoms with Crippen molar-refractivity contribution in [3.63, 3.8) is 0 Å². The first kappa shape index (κ1) is 53.1. The quantitative estimate of drug-likeness (QED) is 0.0308. The third kappa shape index (κ3) is 11.3. The molecule has 0 radical (unpaired) electrons. The van der Waals surface area contributed by atoms with Gasteiger partial charge in [-0.3, -0.25) is 0 Å². The number of hydrogen-bond acceptors (Lipinski definition) is 14. The molecule has 2 aliphatic heterocycles. The summed E-state index contributed by atoms with van der Waals surface area (Å²) in [5, 5.41) is -0.364. The molecule has 4 atom stereocenters. The van der Waals surface area contributed by atoms with Gasteiger partial charge in [0.2, 0.25) is 11.5 Å². The van der Waals surface area contributed by atoms with Crippen LogP contribution in [0, 0.1) is 0 Å². The van der Waals surface area contributed by atoms with E-state index in [0.29, 0.717) is 98.8 Å². The van der Waals surface area contributed by atoms with Gasteiger partial charge in [0.05, 0.1) is 125 Å². The molecule has 4 aromatic rings. The maximum Gasteiger partial charge on any atom is 0.350 e. The summed E-state index contributed by atoms with van der Waals surface area (Å²) in [6.45, 7) is 3.09. The number of likely N-dealkylation sites (N-methyl/N-ethyl adjacent to an activating group) is 2. The molecule has 6 rings (SSSR count). The van der Waals surface area contributed by atoms with Crippen molar-refractivity contribution in [1.29, 1.82) is 0 Å². The summed E-state index contributed by atoms with van der Waals surface area (Å²) in [6.07, 6.45) is 4.24. The summed E-state index contributed by atoms with van der Waals surface area (Å²) in [6, 6.07) is 15.9. The highest BCUT2D eigenvalue weighted by molar-refractivity contribution is 6.42. The van der Waals surface area contributed by atoms with Crippen LogP contribution in [0.25, 0.3) is 0 Å².